The summed E-state index contributed by atoms with van der Waals surface area (Å²) in [4.78, 5) is 1.56. The molecule has 3 aromatic carbocycles. The van der Waals surface area contributed by atoms with Gasteiger partial charge in [-0.3, -0.25) is 0 Å². The maximum atomic E-state index is 11.6. The van der Waals surface area contributed by atoms with Gasteiger partial charge in [-0.2, -0.15) is 22.0 Å². The Kier molecular flexibility index (Phi) is 7.38. The number of nitrogens with zero attached hydrogens (tertiary/aromatic N) is 3. The molecule has 0 aliphatic heterocycles. The normalized spacial score (nSPS) is 12.6. The molecule has 0 radical (unpaired) electrons. The van der Waals surface area contributed by atoms with Crippen LogP contribution >= 0.6 is 0 Å². The van der Waals surface area contributed by atoms with Crippen molar-refractivity contribution in [2.45, 2.75) is 65.7 Å². The number of aromatic hydroxyl groups is 1. The second-order valence-corrected chi connectivity index (χ2v) is 11.4. The zero-order valence-corrected chi connectivity index (χ0v) is 23.8. The Morgan fingerprint density at radius 1 is 0.853 bits per heavy atom. The molecule has 0 spiro atoms. The summed E-state index contributed by atoms with van der Waals surface area (Å²) in [6.45, 7) is 15.7. The van der Waals surface area contributed by atoms with Crippen molar-refractivity contribution in [1.29, 1.82) is 0 Å². The molecule has 0 aliphatic carbocycles. The van der Waals surface area contributed by atoms with E-state index in [4.69, 9.17) is 0 Å². The minimum Gasteiger partial charge on any atom is -0.505 e. The maximum absolute atomic E-state index is 11.6. The van der Waals surface area contributed by atoms with Crippen LogP contribution in [0.3, 0.4) is 0 Å². The van der Waals surface area contributed by atoms with Crippen LogP contribution in [0, 0.1) is 11.5 Å². The van der Waals surface area contributed by atoms with E-state index >= 15 is 0 Å². The third kappa shape index (κ3) is 5.25. The third-order valence-electron chi connectivity index (χ3n) is 6.45. The van der Waals surface area contributed by atoms with Crippen molar-refractivity contribution in [3.8, 4) is 11.4 Å². The first-order valence-electron chi connectivity index (χ1n) is 11.6. The van der Waals surface area contributed by atoms with Crippen LogP contribution in [-0.2, 0) is 10.8 Å². The van der Waals surface area contributed by atoms with E-state index in [1.165, 1.54) is 0 Å². The van der Waals surface area contributed by atoms with Crippen molar-refractivity contribution in [2.75, 3.05) is 0 Å². The van der Waals surface area contributed by atoms with Crippen LogP contribution in [0.5, 0.6) is 5.75 Å². The number of phenols is 1. The van der Waals surface area contributed by atoms with Crippen molar-refractivity contribution in [2.24, 2.45) is 5.41 Å². The van der Waals surface area contributed by atoms with Gasteiger partial charge in [-0.25, -0.2) is 5.10 Å². The van der Waals surface area contributed by atoms with Gasteiger partial charge in [0.15, 0.2) is 0 Å². The second-order valence-electron chi connectivity index (χ2n) is 11.4. The minimum absolute atomic E-state index is 0. The van der Waals surface area contributed by atoms with Crippen LogP contribution in [0.25, 0.3) is 16.7 Å². The van der Waals surface area contributed by atoms with Crippen LogP contribution in [0.4, 0.5) is 0 Å². The molecule has 5 heteroatoms. The van der Waals surface area contributed by atoms with Crippen LogP contribution in [0.2, 0.25) is 0 Å². The van der Waals surface area contributed by atoms with Crippen molar-refractivity contribution < 1.29 is 34.7 Å². The number of aromatic nitrogens is 3. The molecule has 0 bridgehead atoms. The fraction of sp³-hybridized carbons (Fsp3) is 0.379. The molecule has 0 atom stereocenters. The van der Waals surface area contributed by atoms with Gasteiger partial charge < -0.3 is 5.11 Å². The van der Waals surface area contributed by atoms with Crippen LogP contribution in [-0.4, -0.2) is 20.1 Å². The van der Waals surface area contributed by atoms with E-state index in [9.17, 15) is 5.11 Å². The van der Waals surface area contributed by atoms with E-state index in [1.54, 1.807) is 4.80 Å². The Bertz CT molecular complexity index is 1250. The largest absolute Gasteiger partial charge is 1.00 e. The van der Waals surface area contributed by atoms with Crippen molar-refractivity contribution in [1.82, 2.24) is 15.0 Å². The first-order chi connectivity index (χ1) is 15.4. The summed E-state index contributed by atoms with van der Waals surface area (Å²) in [5.41, 5.74) is 4.95. The molecule has 0 amide bonds. The predicted molar refractivity (Wildman–Crippen MR) is 135 cm³/mol. The molecule has 0 saturated heterocycles. The molecule has 1 heterocycles. The number of fused-ring (bicyclic) bond motifs is 1. The van der Waals surface area contributed by atoms with Crippen molar-refractivity contribution in [3.05, 3.63) is 83.4 Å². The first kappa shape index (κ1) is 26.5. The number of hydrogen-bond donors (Lipinski definition) is 1. The predicted octanol–water partition coefficient (Wildman–Crippen LogP) is 3.97. The quantitative estimate of drug-likeness (QED) is 0.360. The van der Waals surface area contributed by atoms with Gasteiger partial charge in [-0.15, -0.1) is 12.1 Å². The number of benzene rings is 3. The molecule has 4 rings (SSSR count). The molecule has 4 nitrogen and oxygen atoms in total. The molecule has 172 valence electrons. The van der Waals surface area contributed by atoms with Gasteiger partial charge in [0, 0.05) is 22.0 Å². The summed E-state index contributed by atoms with van der Waals surface area (Å²) < 4.78 is 0. The fourth-order valence-corrected chi connectivity index (χ4v) is 4.99. The van der Waals surface area contributed by atoms with Crippen LogP contribution in [0.15, 0.2) is 60.7 Å². The van der Waals surface area contributed by atoms with Gasteiger partial charge in [0.25, 0.3) is 0 Å². The van der Waals surface area contributed by atoms with Crippen molar-refractivity contribution in [3.63, 3.8) is 0 Å². The van der Waals surface area contributed by atoms with Crippen LogP contribution < -0.4 is 29.6 Å². The maximum Gasteiger partial charge on any atom is 1.00 e. The summed E-state index contributed by atoms with van der Waals surface area (Å²) in [5, 5.41) is 20.9. The van der Waals surface area contributed by atoms with Crippen molar-refractivity contribution >= 4 is 11.0 Å². The molecule has 0 saturated carbocycles. The third-order valence-corrected chi connectivity index (χ3v) is 6.45. The summed E-state index contributed by atoms with van der Waals surface area (Å²) in [6, 6.07) is 23.1. The molecule has 0 unspecified atom stereocenters. The van der Waals surface area contributed by atoms with E-state index in [0.29, 0.717) is 5.69 Å². The smallest absolute Gasteiger partial charge is 0.505 e. The minimum atomic E-state index is -0.408. The standard InChI is InChI=1S/C29H34N3O.Na/c1-27(2,3)19-28(4,5)21-17-22(29(6,7)20-13-9-8-10-14-20)26(33)25(18-21)32-30-23-15-11-12-16-24(23)31-32;/h8-11,13-18,33H,19H2,1-7H3;/q-1;+1. The molecule has 0 aliphatic rings. The van der Waals surface area contributed by atoms with E-state index in [-0.39, 0.29) is 46.1 Å². The summed E-state index contributed by atoms with van der Waals surface area (Å²) in [7, 11) is 0. The zero-order chi connectivity index (χ0) is 24.0. The van der Waals surface area contributed by atoms with E-state index in [1.807, 2.05) is 42.5 Å². The molecule has 1 N–H and O–H groups in total. The van der Waals surface area contributed by atoms with Crippen LogP contribution in [0.1, 0.15) is 71.6 Å². The SMILES string of the molecule is CC(C)(C)CC(C)(C)c1cc(-n2nc3c[c-]ccc3n2)c(O)c(C(C)(C)c2ccccc2)c1.[Na+]. The Morgan fingerprint density at radius 3 is 2.12 bits per heavy atom. The topological polar surface area (TPSA) is 50.9 Å². The summed E-state index contributed by atoms with van der Waals surface area (Å²) in [5.74, 6) is 0.212. The molecular formula is C29H34N3NaO. The molecule has 4 aromatic rings. The Morgan fingerprint density at radius 2 is 1.50 bits per heavy atom. The first-order valence-corrected chi connectivity index (χ1v) is 11.6. The average Bonchev–Trinajstić information content (AvgIpc) is 3.16. The van der Waals surface area contributed by atoms with E-state index < -0.39 is 5.41 Å². The molecule has 34 heavy (non-hydrogen) atoms. The number of hydrogen-bond acceptors (Lipinski definition) is 3. The zero-order valence-electron chi connectivity index (χ0n) is 21.8. The monoisotopic (exact) mass is 463 g/mol. The van der Waals surface area contributed by atoms with Gasteiger partial charge in [-0.1, -0.05) is 84.9 Å². The number of rotatable bonds is 5. The van der Waals surface area contributed by atoms with Gasteiger partial charge in [0.2, 0.25) is 0 Å². The van der Waals surface area contributed by atoms with E-state index in [2.05, 4.69) is 82.9 Å². The van der Waals surface area contributed by atoms with Gasteiger partial charge in [-0.05, 0) is 34.4 Å². The van der Waals surface area contributed by atoms with E-state index in [0.717, 1.165) is 34.1 Å². The Balaban J connectivity index is 0.00000324. The second kappa shape index (κ2) is 9.49. The van der Waals surface area contributed by atoms with Gasteiger partial charge in [0.1, 0.15) is 11.4 Å². The Labute approximate surface area is 225 Å². The number of phenolic OH excluding ortho intramolecular Hbond substituents is 1. The van der Waals surface area contributed by atoms with Gasteiger partial charge >= 0.3 is 29.6 Å². The molecular weight excluding hydrogens is 429 g/mol. The Hall–Kier alpha value is -2.14. The summed E-state index contributed by atoms with van der Waals surface area (Å²) in [6.07, 6.45) is 0.999. The van der Waals surface area contributed by atoms with Gasteiger partial charge in [0.05, 0.1) is 0 Å². The summed E-state index contributed by atoms with van der Waals surface area (Å²) >= 11 is 0. The molecule has 0 fully saturated rings. The average molecular weight is 464 g/mol. The molecule has 1 aromatic heterocycles. The fourth-order valence-electron chi connectivity index (χ4n) is 4.99.